The lowest BCUT2D eigenvalue weighted by molar-refractivity contribution is 0.0137. The first-order valence-electron chi connectivity index (χ1n) is 6.79. The standard InChI is InChI=1S/C15H24O/c1-9-7-8-15(16)10(2)5-6-11-13(12(9)15)14(11,3)4/h9,11-13,16H,2,5-8H2,1,3-4H3/t9-,11-,12-,13-,15+/m1/s1. The fourth-order valence-electron chi connectivity index (χ4n) is 4.93. The van der Waals surface area contributed by atoms with Crippen LogP contribution in [0, 0.1) is 29.1 Å². The highest BCUT2D eigenvalue weighted by Crippen LogP contribution is 2.71. The summed E-state index contributed by atoms with van der Waals surface area (Å²) in [5.74, 6) is 2.75. The normalized spacial score (nSPS) is 54.1. The topological polar surface area (TPSA) is 20.2 Å². The second kappa shape index (κ2) is 2.93. The summed E-state index contributed by atoms with van der Waals surface area (Å²) in [5.41, 5.74) is 1.08. The van der Waals surface area contributed by atoms with Gasteiger partial charge in [0, 0.05) is 0 Å². The summed E-state index contributed by atoms with van der Waals surface area (Å²) in [6.45, 7) is 11.3. The Morgan fingerprint density at radius 3 is 2.62 bits per heavy atom. The van der Waals surface area contributed by atoms with E-state index in [9.17, 15) is 5.11 Å². The van der Waals surface area contributed by atoms with Gasteiger partial charge in [-0.15, -0.1) is 0 Å². The van der Waals surface area contributed by atoms with Crippen molar-refractivity contribution in [2.75, 3.05) is 0 Å². The molecule has 3 rings (SSSR count). The number of aliphatic hydroxyl groups is 1. The van der Waals surface area contributed by atoms with Crippen molar-refractivity contribution >= 4 is 0 Å². The van der Waals surface area contributed by atoms with Gasteiger partial charge in [0.25, 0.3) is 0 Å². The lowest BCUT2D eigenvalue weighted by atomic mass is 9.76. The largest absolute Gasteiger partial charge is 0.385 e. The molecule has 0 bridgehead atoms. The minimum absolute atomic E-state index is 0.470. The summed E-state index contributed by atoms with van der Waals surface area (Å²) in [4.78, 5) is 0. The van der Waals surface area contributed by atoms with Crippen molar-refractivity contribution in [2.45, 2.75) is 52.1 Å². The Morgan fingerprint density at radius 2 is 1.94 bits per heavy atom. The van der Waals surface area contributed by atoms with E-state index in [0.29, 0.717) is 17.3 Å². The van der Waals surface area contributed by atoms with Gasteiger partial charge in [-0.1, -0.05) is 27.4 Å². The number of hydrogen-bond donors (Lipinski definition) is 1. The van der Waals surface area contributed by atoms with Crippen molar-refractivity contribution in [3.05, 3.63) is 12.2 Å². The van der Waals surface area contributed by atoms with E-state index in [0.717, 1.165) is 30.3 Å². The Bertz CT molecular complexity index is 343. The zero-order valence-corrected chi connectivity index (χ0v) is 10.8. The molecular formula is C15H24O. The lowest BCUT2D eigenvalue weighted by Gasteiger charge is -2.34. The van der Waals surface area contributed by atoms with Gasteiger partial charge in [-0.05, 0) is 60.3 Å². The molecule has 1 nitrogen and oxygen atoms in total. The first kappa shape index (κ1) is 10.8. The van der Waals surface area contributed by atoms with Gasteiger partial charge >= 0.3 is 0 Å². The van der Waals surface area contributed by atoms with Crippen LogP contribution in [0.4, 0.5) is 0 Å². The fraction of sp³-hybridized carbons (Fsp3) is 0.867. The maximum Gasteiger partial charge on any atom is 0.0887 e. The average molecular weight is 220 g/mol. The predicted molar refractivity (Wildman–Crippen MR) is 66.0 cm³/mol. The summed E-state index contributed by atoms with van der Waals surface area (Å²) < 4.78 is 0. The van der Waals surface area contributed by atoms with Gasteiger partial charge in [-0.2, -0.15) is 0 Å². The van der Waals surface area contributed by atoms with E-state index in [2.05, 4.69) is 27.4 Å². The SMILES string of the molecule is C=C1CC[C@@H]2[C@H]([C@H]3[C@H](C)CC[C@]13O)C2(C)C. The van der Waals surface area contributed by atoms with Gasteiger partial charge in [0.1, 0.15) is 0 Å². The zero-order valence-electron chi connectivity index (χ0n) is 10.8. The smallest absolute Gasteiger partial charge is 0.0887 e. The van der Waals surface area contributed by atoms with Gasteiger partial charge in [0.15, 0.2) is 0 Å². The van der Waals surface area contributed by atoms with Crippen LogP contribution in [0.1, 0.15) is 46.5 Å². The monoisotopic (exact) mass is 220 g/mol. The Kier molecular flexibility index (Phi) is 1.98. The second-order valence-corrected chi connectivity index (χ2v) is 7.06. The molecule has 0 amide bonds. The number of fused-ring (bicyclic) bond motifs is 3. The van der Waals surface area contributed by atoms with Gasteiger partial charge < -0.3 is 5.11 Å². The van der Waals surface area contributed by atoms with Crippen LogP contribution in [0.5, 0.6) is 0 Å². The first-order chi connectivity index (χ1) is 7.39. The molecule has 0 spiro atoms. The molecule has 1 heteroatoms. The maximum absolute atomic E-state index is 11.0. The maximum atomic E-state index is 11.0. The molecule has 0 aromatic heterocycles. The van der Waals surface area contributed by atoms with Crippen LogP contribution in [-0.2, 0) is 0 Å². The Hall–Kier alpha value is -0.300. The van der Waals surface area contributed by atoms with E-state index in [1.807, 2.05) is 0 Å². The highest BCUT2D eigenvalue weighted by molar-refractivity contribution is 5.27. The van der Waals surface area contributed by atoms with Crippen molar-refractivity contribution in [3.8, 4) is 0 Å². The van der Waals surface area contributed by atoms with Crippen LogP contribution in [0.25, 0.3) is 0 Å². The van der Waals surface area contributed by atoms with Crippen LogP contribution in [0.3, 0.4) is 0 Å². The van der Waals surface area contributed by atoms with E-state index < -0.39 is 5.60 Å². The Morgan fingerprint density at radius 1 is 1.25 bits per heavy atom. The van der Waals surface area contributed by atoms with Crippen LogP contribution >= 0.6 is 0 Å². The molecule has 90 valence electrons. The average Bonchev–Trinajstić information content (AvgIpc) is 2.64. The predicted octanol–water partition coefficient (Wildman–Crippen LogP) is 3.39. The molecule has 3 aliphatic rings. The third-order valence-corrected chi connectivity index (χ3v) is 6.04. The number of hydrogen-bond acceptors (Lipinski definition) is 1. The first-order valence-corrected chi connectivity index (χ1v) is 6.79. The van der Waals surface area contributed by atoms with Crippen molar-refractivity contribution in [3.63, 3.8) is 0 Å². The molecule has 0 saturated heterocycles. The minimum Gasteiger partial charge on any atom is -0.385 e. The molecule has 0 aromatic rings. The van der Waals surface area contributed by atoms with E-state index in [1.165, 1.54) is 12.8 Å². The van der Waals surface area contributed by atoms with Gasteiger partial charge in [0.2, 0.25) is 0 Å². The van der Waals surface area contributed by atoms with Crippen LogP contribution in [0.15, 0.2) is 12.2 Å². The Labute approximate surface area is 98.9 Å². The molecule has 5 atom stereocenters. The molecule has 16 heavy (non-hydrogen) atoms. The third kappa shape index (κ3) is 1.11. The highest BCUT2D eigenvalue weighted by atomic mass is 16.3. The summed E-state index contributed by atoms with van der Waals surface area (Å²) in [5, 5.41) is 11.0. The molecule has 1 N–H and O–H groups in total. The molecule has 0 aliphatic heterocycles. The molecule has 3 fully saturated rings. The van der Waals surface area contributed by atoms with Crippen molar-refractivity contribution < 1.29 is 5.11 Å². The van der Waals surface area contributed by atoms with E-state index >= 15 is 0 Å². The second-order valence-electron chi connectivity index (χ2n) is 7.06. The molecular weight excluding hydrogens is 196 g/mol. The zero-order chi connectivity index (χ0) is 11.7. The van der Waals surface area contributed by atoms with Gasteiger partial charge in [-0.3, -0.25) is 0 Å². The molecule has 3 aliphatic carbocycles. The highest BCUT2D eigenvalue weighted by Gasteiger charge is 2.68. The van der Waals surface area contributed by atoms with E-state index in [-0.39, 0.29) is 0 Å². The van der Waals surface area contributed by atoms with Gasteiger partial charge in [0.05, 0.1) is 5.60 Å². The van der Waals surface area contributed by atoms with E-state index in [4.69, 9.17) is 0 Å². The molecule has 3 saturated carbocycles. The lowest BCUT2D eigenvalue weighted by Crippen LogP contribution is -2.38. The third-order valence-electron chi connectivity index (χ3n) is 6.04. The molecule has 0 radical (unpaired) electrons. The summed E-state index contributed by atoms with van der Waals surface area (Å²) >= 11 is 0. The summed E-state index contributed by atoms with van der Waals surface area (Å²) in [7, 11) is 0. The summed E-state index contributed by atoms with van der Waals surface area (Å²) in [6.07, 6.45) is 4.43. The quantitative estimate of drug-likeness (QED) is 0.620. The van der Waals surface area contributed by atoms with Crippen LogP contribution < -0.4 is 0 Å². The fourth-order valence-corrected chi connectivity index (χ4v) is 4.93. The van der Waals surface area contributed by atoms with Crippen LogP contribution in [0.2, 0.25) is 0 Å². The molecule has 0 unspecified atom stereocenters. The molecule has 0 heterocycles. The Balaban J connectivity index is 2.01. The van der Waals surface area contributed by atoms with Crippen molar-refractivity contribution in [1.82, 2.24) is 0 Å². The van der Waals surface area contributed by atoms with Crippen molar-refractivity contribution in [2.24, 2.45) is 29.1 Å². The van der Waals surface area contributed by atoms with E-state index in [1.54, 1.807) is 0 Å². The van der Waals surface area contributed by atoms with Crippen LogP contribution in [-0.4, -0.2) is 10.7 Å². The summed E-state index contributed by atoms with van der Waals surface area (Å²) in [6, 6.07) is 0. The number of rotatable bonds is 0. The van der Waals surface area contributed by atoms with Gasteiger partial charge in [-0.25, -0.2) is 0 Å². The van der Waals surface area contributed by atoms with Crippen molar-refractivity contribution in [1.29, 1.82) is 0 Å². The molecule has 0 aromatic carbocycles. The minimum atomic E-state index is -0.521.